The summed E-state index contributed by atoms with van der Waals surface area (Å²) in [5.74, 6) is 0.559. The lowest BCUT2D eigenvalue weighted by atomic mass is 10.0. The molecule has 0 spiro atoms. The van der Waals surface area contributed by atoms with Crippen LogP contribution in [0.3, 0.4) is 0 Å². The standard InChI is InChI=1S/C29H35FN4O2/c1-32(2)25-10-6-23(7-11-25)28(21-31-29(35)20-22-4-14-27(36-3)15-5-22)34-18-16-33(17-19-34)26-12-8-24(30)9-13-26/h4-15,28H,16-21H2,1-3H3,(H,31,35)/t28-/m0/s1. The maximum atomic E-state index is 13.3. The number of rotatable bonds is 9. The number of nitrogens with zero attached hydrogens (tertiary/aromatic N) is 3. The predicted molar refractivity (Wildman–Crippen MR) is 143 cm³/mol. The highest BCUT2D eigenvalue weighted by Gasteiger charge is 2.26. The number of ether oxygens (including phenoxy) is 1. The van der Waals surface area contributed by atoms with Gasteiger partial charge in [0.05, 0.1) is 19.6 Å². The van der Waals surface area contributed by atoms with Gasteiger partial charge in [0.2, 0.25) is 5.91 Å². The van der Waals surface area contributed by atoms with Crippen molar-refractivity contribution in [1.29, 1.82) is 0 Å². The number of carbonyl (C=O) groups excluding carboxylic acids is 1. The van der Waals surface area contributed by atoms with Crippen LogP contribution in [0.5, 0.6) is 5.75 Å². The van der Waals surface area contributed by atoms with Crippen molar-refractivity contribution >= 4 is 17.3 Å². The summed E-state index contributed by atoms with van der Waals surface area (Å²) >= 11 is 0. The number of benzene rings is 3. The number of methoxy groups -OCH3 is 1. The number of hydrogen-bond donors (Lipinski definition) is 1. The fourth-order valence-electron chi connectivity index (χ4n) is 4.60. The lowest BCUT2D eigenvalue weighted by Crippen LogP contribution is -2.50. The molecule has 6 nitrogen and oxygen atoms in total. The highest BCUT2D eigenvalue weighted by atomic mass is 19.1. The Morgan fingerprint density at radius 2 is 1.58 bits per heavy atom. The highest BCUT2D eigenvalue weighted by molar-refractivity contribution is 5.78. The third-order valence-corrected chi connectivity index (χ3v) is 6.76. The van der Waals surface area contributed by atoms with E-state index in [1.807, 2.05) is 50.5 Å². The van der Waals surface area contributed by atoms with Crippen molar-refractivity contribution in [2.75, 3.05) is 63.7 Å². The van der Waals surface area contributed by atoms with Gasteiger partial charge in [-0.25, -0.2) is 4.39 Å². The summed E-state index contributed by atoms with van der Waals surface area (Å²) in [6, 6.07) is 22.9. The number of hydrogen-bond acceptors (Lipinski definition) is 5. The molecule has 0 radical (unpaired) electrons. The van der Waals surface area contributed by atoms with Crippen molar-refractivity contribution in [2.24, 2.45) is 0 Å². The Bertz CT molecular complexity index is 1110. The zero-order valence-electron chi connectivity index (χ0n) is 21.3. The number of carbonyl (C=O) groups is 1. The SMILES string of the molecule is COc1ccc(CC(=O)NC[C@@H](c2ccc(N(C)C)cc2)N2CCN(c3ccc(F)cc3)CC2)cc1. The van der Waals surface area contributed by atoms with E-state index >= 15 is 0 Å². The lowest BCUT2D eigenvalue weighted by Gasteiger charge is -2.40. The van der Waals surface area contributed by atoms with Crippen LogP contribution in [0.1, 0.15) is 17.2 Å². The molecule has 1 atom stereocenters. The molecule has 1 fully saturated rings. The minimum Gasteiger partial charge on any atom is -0.497 e. The van der Waals surface area contributed by atoms with Gasteiger partial charge < -0.3 is 19.9 Å². The van der Waals surface area contributed by atoms with Crippen molar-refractivity contribution in [1.82, 2.24) is 10.2 Å². The van der Waals surface area contributed by atoms with Crippen LogP contribution in [0.4, 0.5) is 15.8 Å². The lowest BCUT2D eigenvalue weighted by molar-refractivity contribution is -0.120. The number of piperazine rings is 1. The molecule has 0 aliphatic carbocycles. The van der Waals surface area contributed by atoms with Crippen LogP contribution in [0.15, 0.2) is 72.8 Å². The molecule has 1 saturated heterocycles. The van der Waals surface area contributed by atoms with Crippen molar-refractivity contribution in [3.63, 3.8) is 0 Å². The van der Waals surface area contributed by atoms with E-state index in [9.17, 15) is 9.18 Å². The summed E-state index contributed by atoms with van der Waals surface area (Å²) in [4.78, 5) is 19.6. The van der Waals surface area contributed by atoms with Gasteiger partial charge in [-0.2, -0.15) is 0 Å². The van der Waals surface area contributed by atoms with Crippen LogP contribution in [-0.2, 0) is 11.2 Å². The predicted octanol–water partition coefficient (Wildman–Crippen LogP) is 4.12. The average Bonchev–Trinajstić information content (AvgIpc) is 2.90. The van der Waals surface area contributed by atoms with Gasteiger partial charge in [0.15, 0.2) is 0 Å². The summed E-state index contributed by atoms with van der Waals surface area (Å²) in [6.45, 7) is 3.93. The van der Waals surface area contributed by atoms with Gasteiger partial charge in [-0.3, -0.25) is 9.69 Å². The molecule has 1 heterocycles. The van der Waals surface area contributed by atoms with E-state index in [1.54, 1.807) is 7.11 Å². The van der Waals surface area contributed by atoms with Crippen molar-refractivity contribution < 1.29 is 13.9 Å². The number of halogens is 1. The molecule has 36 heavy (non-hydrogen) atoms. The molecule has 4 rings (SSSR count). The minimum atomic E-state index is -0.219. The third kappa shape index (κ3) is 6.55. The molecular weight excluding hydrogens is 455 g/mol. The van der Waals surface area contributed by atoms with E-state index < -0.39 is 0 Å². The molecular formula is C29H35FN4O2. The van der Waals surface area contributed by atoms with Gasteiger partial charge in [0.25, 0.3) is 0 Å². The van der Waals surface area contributed by atoms with Crippen molar-refractivity contribution in [3.8, 4) is 5.75 Å². The van der Waals surface area contributed by atoms with Gasteiger partial charge in [-0.1, -0.05) is 24.3 Å². The van der Waals surface area contributed by atoms with E-state index in [1.165, 1.54) is 17.7 Å². The smallest absolute Gasteiger partial charge is 0.224 e. The molecule has 3 aromatic rings. The molecule has 190 valence electrons. The number of anilines is 2. The monoisotopic (exact) mass is 490 g/mol. The molecule has 1 amide bonds. The van der Waals surface area contributed by atoms with Gasteiger partial charge in [-0.15, -0.1) is 0 Å². The second-order valence-corrected chi connectivity index (χ2v) is 9.33. The van der Waals surface area contributed by atoms with Gasteiger partial charge in [0.1, 0.15) is 11.6 Å². The Labute approximate surface area is 213 Å². The molecule has 0 bridgehead atoms. The van der Waals surface area contributed by atoms with Crippen LogP contribution in [0.2, 0.25) is 0 Å². The minimum absolute atomic E-state index is 0.0000247. The van der Waals surface area contributed by atoms with Crippen LogP contribution in [0, 0.1) is 5.82 Å². The van der Waals surface area contributed by atoms with E-state index in [4.69, 9.17) is 4.74 Å². The Hall–Kier alpha value is -3.58. The first-order valence-electron chi connectivity index (χ1n) is 12.3. The van der Waals surface area contributed by atoms with Crippen LogP contribution in [0.25, 0.3) is 0 Å². The first-order valence-corrected chi connectivity index (χ1v) is 12.3. The van der Waals surface area contributed by atoms with E-state index in [2.05, 4.69) is 44.3 Å². The van der Waals surface area contributed by atoms with Crippen LogP contribution >= 0.6 is 0 Å². The average molecular weight is 491 g/mol. The third-order valence-electron chi connectivity index (χ3n) is 6.76. The zero-order valence-corrected chi connectivity index (χ0v) is 21.3. The highest BCUT2D eigenvalue weighted by Crippen LogP contribution is 2.26. The molecule has 1 aliphatic heterocycles. The summed E-state index contributed by atoms with van der Waals surface area (Å²) in [7, 11) is 5.69. The van der Waals surface area contributed by atoms with Gasteiger partial charge >= 0.3 is 0 Å². The van der Waals surface area contributed by atoms with Crippen LogP contribution < -0.4 is 19.9 Å². The summed E-state index contributed by atoms with van der Waals surface area (Å²) in [5.41, 5.74) is 4.31. The van der Waals surface area contributed by atoms with Gasteiger partial charge in [0, 0.05) is 58.2 Å². The first-order chi connectivity index (χ1) is 17.4. The largest absolute Gasteiger partial charge is 0.497 e. The molecule has 1 N–H and O–H groups in total. The second kappa shape index (κ2) is 11.9. The van der Waals surface area contributed by atoms with Gasteiger partial charge in [-0.05, 0) is 59.7 Å². The fourth-order valence-corrected chi connectivity index (χ4v) is 4.60. The van der Waals surface area contributed by atoms with E-state index in [0.29, 0.717) is 13.0 Å². The Morgan fingerprint density at radius 1 is 0.944 bits per heavy atom. The van der Waals surface area contributed by atoms with Crippen molar-refractivity contribution in [3.05, 3.63) is 89.7 Å². The molecule has 0 unspecified atom stereocenters. The second-order valence-electron chi connectivity index (χ2n) is 9.33. The quantitative estimate of drug-likeness (QED) is 0.489. The zero-order chi connectivity index (χ0) is 25.5. The number of nitrogens with one attached hydrogen (secondary N) is 1. The first kappa shape index (κ1) is 25.5. The molecule has 0 aromatic heterocycles. The van der Waals surface area contributed by atoms with Crippen molar-refractivity contribution in [2.45, 2.75) is 12.5 Å². The normalized spacial score (nSPS) is 14.8. The summed E-state index contributed by atoms with van der Waals surface area (Å²) < 4.78 is 18.5. The molecule has 0 saturated carbocycles. The summed E-state index contributed by atoms with van der Waals surface area (Å²) in [5, 5.41) is 3.16. The Balaban J connectivity index is 1.42. The Kier molecular flexibility index (Phi) is 8.44. The van der Waals surface area contributed by atoms with E-state index in [0.717, 1.165) is 48.9 Å². The number of amides is 1. The molecule has 3 aromatic carbocycles. The maximum Gasteiger partial charge on any atom is 0.224 e. The molecule has 7 heteroatoms. The Morgan fingerprint density at radius 3 is 2.17 bits per heavy atom. The summed E-state index contributed by atoms with van der Waals surface area (Å²) in [6.07, 6.45) is 0.328. The van der Waals surface area contributed by atoms with Crippen LogP contribution in [-0.4, -0.2) is 64.7 Å². The molecule has 1 aliphatic rings. The maximum absolute atomic E-state index is 13.3. The fraction of sp³-hybridized carbons (Fsp3) is 0.345. The van der Waals surface area contributed by atoms with E-state index in [-0.39, 0.29) is 17.8 Å². The topological polar surface area (TPSA) is 48.1 Å².